The van der Waals surface area contributed by atoms with E-state index in [1.54, 1.807) is 0 Å². The van der Waals surface area contributed by atoms with Gasteiger partial charge in [0.15, 0.2) is 0 Å². The number of carbonyl (C=O) groups is 1. The van der Waals surface area contributed by atoms with Gasteiger partial charge in [0, 0.05) is 30.7 Å². The van der Waals surface area contributed by atoms with Crippen LogP contribution in [0.25, 0.3) is 0 Å². The summed E-state index contributed by atoms with van der Waals surface area (Å²) >= 11 is 0. The fourth-order valence-electron chi connectivity index (χ4n) is 3.49. The molecule has 1 heterocycles. The SMILES string of the molecule is Cc1cccc(C)c1NC(=O)CN1C[C@@H](N)[C@H](c2ccccc2)C1. The van der Waals surface area contributed by atoms with E-state index in [0.717, 1.165) is 29.9 Å². The van der Waals surface area contributed by atoms with E-state index in [0.29, 0.717) is 12.5 Å². The van der Waals surface area contributed by atoms with Crippen LogP contribution in [-0.4, -0.2) is 36.5 Å². The quantitative estimate of drug-likeness (QED) is 0.909. The van der Waals surface area contributed by atoms with E-state index >= 15 is 0 Å². The average molecular weight is 323 g/mol. The van der Waals surface area contributed by atoms with Crippen molar-refractivity contribution < 1.29 is 4.79 Å². The lowest BCUT2D eigenvalue weighted by Gasteiger charge is -2.17. The zero-order valence-corrected chi connectivity index (χ0v) is 14.3. The molecule has 2 aromatic carbocycles. The molecule has 2 aromatic rings. The minimum Gasteiger partial charge on any atom is -0.326 e. The normalized spacial score (nSPS) is 21.0. The largest absolute Gasteiger partial charge is 0.326 e. The number of nitrogens with one attached hydrogen (secondary N) is 1. The molecule has 0 saturated carbocycles. The van der Waals surface area contributed by atoms with Gasteiger partial charge in [0.05, 0.1) is 6.54 Å². The van der Waals surface area contributed by atoms with Gasteiger partial charge >= 0.3 is 0 Å². The molecule has 24 heavy (non-hydrogen) atoms. The van der Waals surface area contributed by atoms with Gasteiger partial charge in [0.2, 0.25) is 5.91 Å². The van der Waals surface area contributed by atoms with Crippen LogP contribution in [0.15, 0.2) is 48.5 Å². The molecule has 126 valence electrons. The van der Waals surface area contributed by atoms with Gasteiger partial charge in [-0.05, 0) is 30.5 Å². The van der Waals surface area contributed by atoms with Crippen LogP contribution in [0.5, 0.6) is 0 Å². The van der Waals surface area contributed by atoms with Gasteiger partial charge in [-0.2, -0.15) is 0 Å². The third-order valence-electron chi connectivity index (χ3n) is 4.78. The monoisotopic (exact) mass is 323 g/mol. The standard InChI is InChI=1S/C20H25N3O/c1-14-7-6-8-15(2)20(14)22-19(24)13-23-11-17(18(21)12-23)16-9-4-3-5-10-16/h3-10,17-18H,11-13,21H2,1-2H3,(H,22,24)/t17-,18+/m0/s1. The highest BCUT2D eigenvalue weighted by Crippen LogP contribution is 2.26. The first-order valence-corrected chi connectivity index (χ1v) is 8.43. The van der Waals surface area contributed by atoms with Crippen molar-refractivity contribution in [2.24, 2.45) is 5.73 Å². The molecule has 0 aliphatic carbocycles. The number of anilines is 1. The maximum absolute atomic E-state index is 12.4. The Bertz CT molecular complexity index is 694. The first kappa shape index (κ1) is 16.7. The topological polar surface area (TPSA) is 58.4 Å². The van der Waals surface area contributed by atoms with Crippen LogP contribution in [0.3, 0.4) is 0 Å². The number of para-hydroxylation sites is 1. The van der Waals surface area contributed by atoms with Crippen molar-refractivity contribution in [2.45, 2.75) is 25.8 Å². The lowest BCUT2D eigenvalue weighted by atomic mass is 9.95. The highest BCUT2D eigenvalue weighted by molar-refractivity contribution is 5.93. The van der Waals surface area contributed by atoms with Crippen LogP contribution in [-0.2, 0) is 4.79 Å². The Labute approximate surface area is 143 Å². The summed E-state index contributed by atoms with van der Waals surface area (Å²) in [7, 11) is 0. The van der Waals surface area contributed by atoms with Crippen molar-refractivity contribution in [2.75, 3.05) is 25.0 Å². The van der Waals surface area contributed by atoms with E-state index in [4.69, 9.17) is 5.73 Å². The highest BCUT2D eigenvalue weighted by atomic mass is 16.2. The van der Waals surface area contributed by atoms with Crippen LogP contribution in [0.1, 0.15) is 22.6 Å². The fourth-order valence-corrected chi connectivity index (χ4v) is 3.49. The van der Waals surface area contributed by atoms with Crippen molar-refractivity contribution in [3.8, 4) is 0 Å². The summed E-state index contributed by atoms with van der Waals surface area (Å²) in [5.74, 6) is 0.313. The summed E-state index contributed by atoms with van der Waals surface area (Å²) in [6.45, 7) is 5.98. The van der Waals surface area contributed by atoms with Gasteiger partial charge in [-0.1, -0.05) is 48.5 Å². The molecule has 0 aromatic heterocycles. The Kier molecular flexibility index (Phi) is 4.97. The summed E-state index contributed by atoms with van der Waals surface area (Å²) in [5.41, 5.74) is 10.7. The number of nitrogens with zero attached hydrogens (tertiary/aromatic N) is 1. The van der Waals surface area contributed by atoms with E-state index in [1.807, 2.05) is 50.2 Å². The Morgan fingerprint density at radius 2 is 1.75 bits per heavy atom. The smallest absolute Gasteiger partial charge is 0.238 e. The van der Waals surface area contributed by atoms with Gasteiger partial charge < -0.3 is 11.1 Å². The second-order valence-electron chi connectivity index (χ2n) is 6.69. The number of aryl methyl sites for hydroxylation is 2. The molecular formula is C20H25N3O. The van der Waals surface area contributed by atoms with Crippen molar-refractivity contribution in [3.63, 3.8) is 0 Å². The summed E-state index contributed by atoms with van der Waals surface area (Å²) in [4.78, 5) is 14.6. The van der Waals surface area contributed by atoms with Crippen LogP contribution >= 0.6 is 0 Å². The van der Waals surface area contributed by atoms with Gasteiger partial charge in [-0.25, -0.2) is 0 Å². The molecule has 1 saturated heterocycles. The number of likely N-dealkylation sites (tertiary alicyclic amines) is 1. The lowest BCUT2D eigenvalue weighted by molar-refractivity contribution is -0.117. The molecule has 1 aliphatic heterocycles. The Balaban J connectivity index is 1.62. The third kappa shape index (κ3) is 3.66. The molecule has 0 spiro atoms. The van der Waals surface area contributed by atoms with Crippen molar-refractivity contribution >= 4 is 11.6 Å². The van der Waals surface area contributed by atoms with Gasteiger partial charge in [-0.15, -0.1) is 0 Å². The third-order valence-corrected chi connectivity index (χ3v) is 4.78. The van der Waals surface area contributed by atoms with Gasteiger partial charge in [0.1, 0.15) is 0 Å². The summed E-state index contributed by atoms with van der Waals surface area (Å²) in [5, 5.41) is 3.05. The number of amides is 1. The lowest BCUT2D eigenvalue weighted by Crippen LogP contribution is -2.34. The number of hydrogen-bond acceptors (Lipinski definition) is 3. The summed E-state index contributed by atoms with van der Waals surface area (Å²) in [6.07, 6.45) is 0. The molecule has 4 heteroatoms. The fraction of sp³-hybridized carbons (Fsp3) is 0.350. The molecule has 1 amide bonds. The minimum atomic E-state index is 0.0216. The maximum atomic E-state index is 12.4. The van der Waals surface area contributed by atoms with Crippen molar-refractivity contribution in [3.05, 3.63) is 65.2 Å². The molecule has 1 aliphatic rings. The van der Waals surface area contributed by atoms with Gasteiger partial charge in [0.25, 0.3) is 0 Å². The molecule has 0 bridgehead atoms. The second-order valence-corrected chi connectivity index (χ2v) is 6.69. The second kappa shape index (κ2) is 7.16. The minimum absolute atomic E-state index is 0.0216. The van der Waals surface area contributed by atoms with Crippen molar-refractivity contribution in [1.29, 1.82) is 0 Å². The highest BCUT2D eigenvalue weighted by Gasteiger charge is 2.32. The molecular weight excluding hydrogens is 298 g/mol. The molecule has 0 unspecified atom stereocenters. The van der Waals surface area contributed by atoms with Crippen LogP contribution in [0.4, 0.5) is 5.69 Å². The molecule has 0 radical (unpaired) electrons. The maximum Gasteiger partial charge on any atom is 0.238 e. The number of hydrogen-bond donors (Lipinski definition) is 2. The Morgan fingerprint density at radius 1 is 1.08 bits per heavy atom. The zero-order chi connectivity index (χ0) is 17.1. The summed E-state index contributed by atoms with van der Waals surface area (Å²) < 4.78 is 0. The molecule has 1 fully saturated rings. The first-order valence-electron chi connectivity index (χ1n) is 8.43. The Morgan fingerprint density at radius 3 is 2.42 bits per heavy atom. The summed E-state index contributed by atoms with van der Waals surface area (Å²) in [6, 6.07) is 16.4. The van der Waals surface area contributed by atoms with Crippen LogP contribution < -0.4 is 11.1 Å². The van der Waals surface area contributed by atoms with E-state index < -0.39 is 0 Å². The Hall–Kier alpha value is -2.17. The van der Waals surface area contributed by atoms with E-state index in [-0.39, 0.29) is 11.9 Å². The van der Waals surface area contributed by atoms with Gasteiger partial charge in [-0.3, -0.25) is 9.69 Å². The molecule has 3 rings (SSSR count). The average Bonchev–Trinajstić information content (AvgIpc) is 2.92. The number of carbonyl (C=O) groups excluding carboxylic acids is 1. The van der Waals surface area contributed by atoms with E-state index in [2.05, 4.69) is 22.3 Å². The van der Waals surface area contributed by atoms with E-state index in [9.17, 15) is 4.79 Å². The molecule has 3 N–H and O–H groups in total. The zero-order valence-electron chi connectivity index (χ0n) is 14.3. The van der Waals surface area contributed by atoms with Crippen LogP contribution in [0, 0.1) is 13.8 Å². The van der Waals surface area contributed by atoms with Crippen LogP contribution in [0.2, 0.25) is 0 Å². The first-order chi connectivity index (χ1) is 11.5. The number of nitrogens with two attached hydrogens (primary N) is 1. The molecule has 4 nitrogen and oxygen atoms in total. The number of benzene rings is 2. The number of rotatable bonds is 4. The predicted molar refractivity (Wildman–Crippen MR) is 98.1 cm³/mol. The predicted octanol–water partition coefficient (Wildman–Crippen LogP) is 2.67. The van der Waals surface area contributed by atoms with E-state index in [1.165, 1.54) is 5.56 Å². The van der Waals surface area contributed by atoms with Crippen molar-refractivity contribution in [1.82, 2.24) is 4.90 Å². The molecule has 2 atom stereocenters.